The van der Waals surface area contributed by atoms with Gasteiger partial charge in [-0.05, 0) is 12.8 Å². The van der Waals surface area contributed by atoms with Crippen LogP contribution in [0.15, 0.2) is 12.5 Å². The van der Waals surface area contributed by atoms with Crippen molar-refractivity contribution in [3.05, 3.63) is 18.2 Å². The maximum atomic E-state index is 12.8. The Morgan fingerprint density at radius 2 is 1.37 bits per heavy atom. The van der Waals surface area contributed by atoms with Gasteiger partial charge >= 0.3 is 5.97 Å². The highest BCUT2D eigenvalue weighted by Crippen LogP contribution is 2.21. The van der Waals surface area contributed by atoms with E-state index in [4.69, 9.17) is 5.11 Å². The van der Waals surface area contributed by atoms with E-state index in [9.17, 15) is 9.59 Å². The lowest BCUT2D eigenvalue weighted by atomic mass is 9.93. The van der Waals surface area contributed by atoms with Crippen LogP contribution in [0.5, 0.6) is 0 Å². The molecule has 0 aliphatic carbocycles. The topological polar surface area (TPSA) is 72.2 Å². The average molecular weight is 379 g/mol. The number of carboxylic acids is 1. The van der Waals surface area contributed by atoms with Gasteiger partial charge < -0.3 is 5.11 Å². The quantitative estimate of drug-likeness (QED) is 0.341. The third-order valence-electron chi connectivity index (χ3n) is 5.22. The van der Waals surface area contributed by atoms with Gasteiger partial charge in [0.05, 0.1) is 0 Å². The summed E-state index contributed by atoms with van der Waals surface area (Å²) < 4.78 is 1.38. The third kappa shape index (κ3) is 9.73. The number of carboxylic acid groups (broad SMARTS) is 1. The van der Waals surface area contributed by atoms with Gasteiger partial charge in [-0.3, -0.25) is 9.36 Å². The number of nitrogens with zero attached hydrogens (tertiary/aromatic N) is 2. The van der Waals surface area contributed by atoms with Gasteiger partial charge in [0.15, 0.2) is 5.69 Å². The molecule has 0 aliphatic heterocycles. The van der Waals surface area contributed by atoms with Crippen molar-refractivity contribution in [2.24, 2.45) is 5.92 Å². The fourth-order valence-electron chi connectivity index (χ4n) is 3.50. The Bertz CT molecular complexity index is 539. The zero-order valence-electron chi connectivity index (χ0n) is 17.3. The summed E-state index contributed by atoms with van der Waals surface area (Å²) in [5.41, 5.74) is -0.0685. The second kappa shape index (κ2) is 14.4. The second-order valence-corrected chi connectivity index (χ2v) is 7.62. The molecule has 0 radical (unpaired) electrons. The molecule has 1 rings (SSSR count). The zero-order valence-corrected chi connectivity index (χ0v) is 17.3. The number of rotatable bonds is 16. The monoisotopic (exact) mass is 378 g/mol. The summed E-state index contributed by atoms with van der Waals surface area (Å²) in [5.74, 6) is -1.13. The highest BCUT2D eigenvalue weighted by Gasteiger charge is 2.21. The van der Waals surface area contributed by atoms with Crippen LogP contribution in [0.1, 0.15) is 119 Å². The van der Waals surface area contributed by atoms with Crippen molar-refractivity contribution in [2.45, 2.75) is 104 Å². The van der Waals surface area contributed by atoms with Crippen molar-refractivity contribution >= 4 is 11.9 Å². The lowest BCUT2D eigenvalue weighted by Crippen LogP contribution is -2.21. The van der Waals surface area contributed by atoms with Crippen molar-refractivity contribution in [3.8, 4) is 0 Å². The summed E-state index contributed by atoms with van der Waals surface area (Å²) in [6.45, 7) is 4.43. The molecule has 0 spiro atoms. The maximum Gasteiger partial charge on any atom is 0.356 e. The minimum Gasteiger partial charge on any atom is -0.476 e. The zero-order chi connectivity index (χ0) is 19.9. The predicted octanol–water partition coefficient (Wildman–Crippen LogP) is 6.34. The van der Waals surface area contributed by atoms with Crippen LogP contribution in [0.2, 0.25) is 0 Å². The van der Waals surface area contributed by atoms with E-state index in [2.05, 4.69) is 18.8 Å². The summed E-state index contributed by atoms with van der Waals surface area (Å²) in [7, 11) is 0. The van der Waals surface area contributed by atoms with Crippen LogP contribution < -0.4 is 0 Å². The first-order chi connectivity index (χ1) is 13.1. The van der Waals surface area contributed by atoms with E-state index in [1.54, 1.807) is 0 Å². The number of hydrogen-bond donors (Lipinski definition) is 1. The van der Waals surface area contributed by atoms with Crippen LogP contribution in [-0.4, -0.2) is 26.5 Å². The maximum absolute atomic E-state index is 12.8. The fourth-order valence-corrected chi connectivity index (χ4v) is 3.50. The second-order valence-electron chi connectivity index (χ2n) is 7.62. The van der Waals surface area contributed by atoms with Gasteiger partial charge in [-0.1, -0.05) is 90.9 Å². The molecular weight excluding hydrogens is 340 g/mol. The minimum atomic E-state index is -1.09. The Hall–Kier alpha value is -1.65. The number of aromatic carboxylic acids is 1. The van der Waals surface area contributed by atoms with Gasteiger partial charge in [-0.25, -0.2) is 9.78 Å². The lowest BCUT2D eigenvalue weighted by molar-refractivity contribution is 0.0691. The smallest absolute Gasteiger partial charge is 0.356 e. The number of carbonyl (C=O) groups excluding carboxylic acids is 1. The highest BCUT2D eigenvalue weighted by molar-refractivity contribution is 5.87. The molecule has 154 valence electrons. The van der Waals surface area contributed by atoms with Gasteiger partial charge in [0.25, 0.3) is 0 Å². The van der Waals surface area contributed by atoms with Crippen LogP contribution in [-0.2, 0) is 0 Å². The Morgan fingerprint density at radius 1 is 0.889 bits per heavy atom. The Balaban J connectivity index is 2.50. The number of aromatic nitrogens is 2. The van der Waals surface area contributed by atoms with Crippen molar-refractivity contribution < 1.29 is 14.7 Å². The molecule has 0 aromatic carbocycles. The first-order valence-electron chi connectivity index (χ1n) is 10.9. The molecule has 0 saturated heterocycles. The Morgan fingerprint density at radius 3 is 1.81 bits per heavy atom. The molecule has 0 aliphatic rings. The lowest BCUT2D eigenvalue weighted by Gasteiger charge is -2.16. The number of carbonyl (C=O) groups is 2. The van der Waals surface area contributed by atoms with E-state index in [0.717, 1.165) is 25.7 Å². The van der Waals surface area contributed by atoms with Gasteiger partial charge in [-0.15, -0.1) is 0 Å². The molecule has 0 saturated carbocycles. The van der Waals surface area contributed by atoms with E-state index < -0.39 is 5.97 Å². The number of hydrogen-bond acceptors (Lipinski definition) is 3. The third-order valence-corrected chi connectivity index (χ3v) is 5.22. The minimum absolute atomic E-state index is 0.00326. The SMILES string of the molecule is CCCCCCCCCC(CCCCCCC)C(=O)n1cnc(C(=O)O)c1. The standard InChI is InChI=1S/C22H38N2O3/c1-3-5-7-9-10-12-14-16-19(15-13-11-8-6-4-2)21(25)24-17-20(22(26)27)23-18-24/h17-19H,3-16H2,1-2H3,(H,26,27). The van der Waals surface area contributed by atoms with Crippen molar-refractivity contribution in [2.75, 3.05) is 0 Å². The molecule has 0 fully saturated rings. The van der Waals surface area contributed by atoms with E-state index in [1.807, 2.05) is 0 Å². The molecule has 27 heavy (non-hydrogen) atoms. The highest BCUT2D eigenvalue weighted by atomic mass is 16.4. The summed E-state index contributed by atoms with van der Waals surface area (Å²) in [4.78, 5) is 27.7. The Kier molecular flexibility index (Phi) is 12.5. The molecule has 1 aromatic heterocycles. The molecule has 5 heteroatoms. The summed E-state index contributed by atoms with van der Waals surface area (Å²) in [5, 5.41) is 9.02. The summed E-state index contributed by atoms with van der Waals surface area (Å²) in [6, 6.07) is 0. The van der Waals surface area contributed by atoms with Crippen molar-refractivity contribution in [1.29, 1.82) is 0 Å². The average Bonchev–Trinajstić information content (AvgIpc) is 3.15. The van der Waals surface area contributed by atoms with Crippen LogP contribution in [0.25, 0.3) is 0 Å². The van der Waals surface area contributed by atoms with Gasteiger partial charge in [0.2, 0.25) is 5.91 Å². The van der Waals surface area contributed by atoms with Gasteiger partial charge in [0.1, 0.15) is 6.33 Å². The number of imidazole rings is 1. The van der Waals surface area contributed by atoms with Crippen LogP contribution >= 0.6 is 0 Å². The molecule has 1 N–H and O–H groups in total. The number of unbranched alkanes of at least 4 members (excludes halogenated alkanes) is 10. The molecular formula is C22H38N2O3. The molecule has 1 aromatic rings. The van der Waals surface area contributed by atoms with E-state index in [0.29, 0.717) is 0 Å². The van der Waals surface area contributed by atoms with Crippen molar-refractivity contribution in [3.63, 3.8) is 0 Å². The first-order valence-corrected chi connectivity index (χ1v) is 10.9. The van der Waals surface area contributed by atoms with E-state index in [1.165, 1.54) is 81.3 Å². The first kappa shape index (κ1) is 23.4. The molecule has 5 nitrogen and oxygen atoms in total. The molecule has 0 amide bonds. The molecule has 1 unspecified atom stereocenters. The summed E-state index contributed by atoms with van der Waals surface area (Å²) in [6.07, 6.45) is 19.0. The Labute approximate surface area is 164 Å². The van der Waals surface area contributed by atoms with Gasteiger partial charge in [-0.2, -0.15) is 0 Å². The summed E-state index contributed by atoms with van der Waals surface area (Å²) >= 11 is 0. The molecule has 1 atom stereocenters. The normalized spacial score (nSPS) is 12.2. The van der Waals surface area contributed by atoms with E-state index >= 15 is 0 Å². The predicted molar refractivity (Wildman–Crippen MR) is 109 cm³/mol. The van der Waals surface area contributed by atoms with Crippen LogP contribution in [0.4, 0.5) is 0 Å². The fraction of sp³-hybridized carbons (Fsp3) is 0.773. The van der Waals surface area contributed by atoms with Crippen LogP contribution in [0, 0.1) is 5.92 Å². The largest absolute Gasteiger partial charge is 0.476 e. The molecule has 0 bridgehead atoms. The molecule has 1 heterocycles. The van der Waals surface area contributed by atoms with Gasteiger partial charge in [0, 0.05) is 12.1 Å². The van der Waals surface area contributed by atoms with E-state index in [-0.39, 0.29) is 17.5 Å². The van der Waals surface area contributed by atoms with Crippen molar-refractivity contribution in [1.82, 2.24) is 9.55 Å². The van der Waals surface area contributed by atoms with Crippen LogP contribution in [0.3, 0.4) is 0 Å².